The van der Waals surface area contributed by atoms with E-state index >= 15 is 0 Å². The number of halogens is 1. The molecule has 132 valence electrons. The van der Waals surface area contributed by atoms with Crippen LogP contribution in [0.5, 0.6) is 0 Å². The molecule has 0 atom stereocenters. The van der Waals surface area contributed by atoms with E-state index in [1.807, 2.05) is 0 Å². The third kappa shape index (κ3) is 3.59. The van der Waals surface area contributed by atoms with Gasteiger partial charge in [0.25, 0.3) is 0 Å². The van der Waals surface area contributed by atoms with Crippen molar-refractivity contribution in [3.8, 4) is 22.3 Å². The number of hydrogen-bond donors (Lipinski definition) is 0. The van der Waals surface area contributed by atoms with Gasteiger partial charge < -0.3 is 0 Å². The molecule has 0 nitrogen and oxygen atoms in total. The molecule has 0 heterocycles. The van der Waals surface area contributed by atoms with E-state index in [-0.39, 0.29) is 0 Å². The van der Waals surface area contributed by atoms with Gasteiger partial charge in [-0.1, -0.05) is 0 Å². The molecule has 3 aromatic rings. The Bertz CT molecular complexity index is 864. The fraction of sp³-hybridized carbons (Fsp3) is 0.250. The van der Waals surface area contributed by atoms with Gasteiger partial charge in [-0.25, -0.2) is 0 Å². The average Bonchev–Trinajstić information content (AvgIpc) is 2.53. The van der Waals surface area contributed by atoms with Gasteiger partial charge in [-0.05, 0) is 0 Å². The Morgan fingerprint density at radius 3 is 1.27 bits per heavy atom. The van der Waals surface area contributed by atoms with Crippen LogP contribution >= 0.6 is 8.92 Å². The van der Waals surface area contributed by atoms with Crippen LogP contribution in [0, 0.1) is 41.5 Å². The Kier molecular flexibility index (Phi) is 5.84. The second-order valence-electron chi connectivity index (χ2n) is 7.37. The van der Waals surface area contributed by atoms with Crippen molar-refractivity contribution in [2.75, 3.05) is 0 Å². The van der Waals surface area contributed by atoms with E-state index < -0.39 is 20.0 Å². The Hall–Kier alpha value is -1.25. The summed E-state index contributed by atoms with van der Waals surface area (Å²) < 4.78 is 1.39. The monoisotopic (exact) mass is 468 g/mol. The minimum atomic E-state index is -1.17. The third-order valence-corrected chi connectivity index (χ3v) is 8.40. The van der Waals surface area contributed by atoms with Crippen molar-refractivity contribution in [1.29, 1.82) is 0 Å². The van der Waals surface area contributed by atoms with Crippen LogP contribution in [-0.2, 0) is 0 Å². The zero-order chi connectivity index (χ0) is 19.0. The van der Waals surface area contributed by atoms with Crippen molar-refractivity contribution in [3.63, 3.8) is 0 Å². The van der Waals surface area contributed by atoms with E-state index in [9.17, 15) is 0 Å². The molecule has 0 N–H and O–H groups in total. The fourth-order valence-corrected chi connectivity index (χ4v) is 7.42. The standard InChI is InChI=1S/C24H25.ClH.Sn/c1-15-10-17(3)23(18(4)11-15)21-8-7-9-22(14-21)24-19(5)12-16(2)13-20(24)6;;/h7-13H,1-6H3;1H;/q;;+1/p-1. The van der Waals surface area contributed by atoms with E-state index in [1.54, 1.807) is 0 Å². The Balaban J connectivity index is 2.32. The molecule has 2 radical (unpaired) electrons. The molecule has 0 spiro atoms. The van der Waals surface area contributed by atoms with Crippen LogP contribution < -0.4 is 3.58 Å². The maximum absolute atomic E-state index is 6.68. The predicted molar refractivity (Wildman–Crippen MR) is 117 cm³/mol. The number of benzene rings is 3. The molecule has 0 aliphatic rings. The zero-order valence-electron chi connectivity index (χ0n) is 16.4. The van der Waals surface area contributed by atoms with Gasteiger partial charge in [0, 0.05) is 0 Å². The molecule has 0 aliphatic carbocycles. The van der Waals surface area contributed by atoms with Crippen LogP contribution in [0.3, 0.4) is 0 Å². The second kappa shape index (κ2) is 7.78. The maximum atomic E-state index is 6.68. The molecule has 3 rings (SSSR count). The van der Waals surface area contributed by atoms with Gasteiger partial charge in [-0.3, -0.25) is 0 Å². The first-order chi connectivity index (χ1) is 12.3. The van der Waals surface area contributed by atoms with Gasteiger partial charge in [0.15, 0.2) is 0 Å². The van der Waals surface area contributed by atoms with Crippen molar-refractivity contribution in [2.24, 2.45) is 0 Å². The number of aryl methyl sites for hydroxylation is 6. The first-order valence-corrected chi connectivity index (χ1v) is 14.0. The van der Waals surface area contributed by atoms with Gasteiger partial charge in [-0.15, -0.1) is 0 Å². The number of rotatable bonds is 3. The van der Waals surface area contributed by atoms with Crippen LogP contribution in [-0.4, -0.2) is 20.0 Å². The molecule has 0 unspecified atom stereocenters. The van der Waals surface area contributed by atoms with E-state index in [2.05, 4.69) is 84.0 Å². The van der Waals surface area contributed by atoms with Gasteiger partial charge in [-0.2, -0.15) is 0 Å². The molecule has 0 amide bonds. The Morgan fingerprint density at radius 2 is 0.962 bits per heavy atom. The van der Waals surface area contributed by atoms with Crippen LogP contribution in [0.1, 0.15) is 33.4 Å². The second-order valence-corrected chi connectivity index (χ2v) is 10.6. The van der Waals surface area contributed by atoms with E-state index in [4.69, 9.17) is 8.92 Å². The molecule has 0 fully saturated rings. The van der Waals surface area contributed by atoms with Crippen molar-refractivity contribution >= 4 is 32.5 Å². The normalized spacial score (nSPS) is 11.0. The summed E-state index contributed by atoms with van der Waals surface area (Å²) >= 11 is -1.17. The molecule has 26 heavy (non-hydrogen) atoms. The summed E-state index contributed by atoms with van der Waals surface area (Å²) in [6, 6.07) is 15.8. The molecule has 2 heteroatoms. The van der Waals surface area contributed by atoms with Crippen molar-refractivity contribution in [3.05, 3.63) is 75.8 Å². The van der Waals surface area contributed by atoms with E-state index in [0.29, 0.717) is 0 Å². The molecule has 3 aromatic carbocycles. The average molecular weight is 468 g/mol. The molecule has 0 saturated carbocycles. The summed E-state index contributed by atoms with van der Waals surface area (Å²) in [5, 5.41) is 0. The molecule has 0 bridgehead atoms. The summed E-state index contributed by atoms with van der Waals surface area (Å²) in [5.41, 5.74) is 13.4. The van der Waals surface area contributed by atoms with Crippen LogP contribution in [0.4, 0.5) is 0 Å². The summed E-state index contributed by atoms with van der Waals surface area (Å²) in [5.74, 6) is 0. The van der Waals surface area contributed by atoms with Crippen LogP contribution in [0.2, 0.25) is 0 Å². The third-order valence-electron chi connectivity index (χ3n) is 5.05. The summed E-state index contributed by atoms with van der Waals surface area (Å²) in [6.45, 7) is 13.2. The van der Waals surface area contributed by atoms with E-state index in [1.165, 1.54) is 59.2 Å². The fourth-order valence-electron chi connectivity index (χ4n) is 4.28. The van der Waals surface area contributed by atoms with Gasteiger partial charge >= 0.3 is 172 Å². The molecule has 0 aromatic heterocycles. The number of hydrogen-bond acceptors (Lipinski definition) is 0. The quantitative estimate of drug-likeness (QED) is 0.394. The van der Waals surface area contributed by atoms with Crippen LogP contribution in [0.15, 0.2) is 42.5 Å². The molecular weight excluding hydrogens is 442 g/mol. The Labute approximate surface area is 171 Å². The topological polar surface area (TPSA) is 0 Å². The van der Waals surface area contributed by atoms with Crippen molar-refractivity contribution in [2.45, 2.75) is 41.5 Å². The first-order valence-electron chi connectivity index (χ1n) is 8.99. The minimum absolute atomic E-state index is 1.17. The Morgan fingerprint density at radius 1 is 0.615 bits per heavy atom. The van der Waals surface area contributed by atoms with Gasteiger partial charge in [0.1, 0.15) is 0 Å². The SMILES string of the molecule is Cc1cc(C)c(-c2cccc(-c3c(C)cc(C)cc3C)[c]2[Sn][Cl])c(C)c1. The van der Waals surface area contributed by atoms with Gasteiger partial charge in [0.2, 0.25) is 0 Å². The van der Waals surface area contributed by atoms with Crippen molar-refractivity contribution in [1.82, 2.24) is 0 Å². The first kappa shape index (κ1) is 19.5. The summed E-state index contributed by atoms with van der Waals surface area (Å²) in [7, 11) is 6.68. The van der Waals surface area contributed by atoms with Gasteiger partial charge in [0.05, 0.1) is 0 Å². The predicted octanol–water partition coefficient (Wildman–Crippen LogP) is 6.35. The molecule has 0 aliphatic heterocycles. The van der Waals surface area contributed by atoms with Crippen LogP contribution in [0.25, 0.3) is 22.3 Å². The zero-order valence-corrected chi connectivity index (χ0v) is 20.0. The molecule has 0 saturated heterocycles. The molecular formula is C24H25ClSn. The van der Waals surface area contributed by atoms with Crippen molar-refractivity contribution < 1.29 is 0 Å². The summed E-state index contributed by atoms with van der Waals surface area (Å²) in [4.78, 5) is 0. The summed E-state index contributed by atoms with van der Waals surface area (Å²) in [6.07, 6.45) is 0. The van der Waals surface area contributed by atoms with E-state index in [0.717, 1.165) is 0 Å².